The SMILES string of the molecule is NC(=O)c1ncc(N[C@@H]2CSCC[C@@H]2N)nc1C1=Cc2c(Cl)cccc2C1. The molecule has 0 saturated carbocycles. The zero-order valence-electron chi connectivity index (χ0n) is 14.6. The first-order valence-corrected chi connectivity index (χ1v) is 10.3. The number of nitrogens with zero attached hydrogens (tertiary/aromatic N) is 2. The summed E-state index contributed by atoms with van der Waals surface area (Å²) >= 11 is 8.17. The highest BCUT2D eigenvalue weighted by Gasteiger charge is 2.25. The van der Waals surface area contributed by atoms with Gasteiger partial charge in [0.25, 0.3) is 5.91 Å². The number of hydrogen-bond acceptors (Lipinski definition) is 6. The van der Waals surface area contributed by atoms with Gasteiger partial charge >= 0.3 is 0 Å². The number of carbonyl (C=O) groups excluding carboxylic acids is 1. The van der Waals surface area contributed by atoms with Crippen LogP contribution in [0.3, 0.4) is 0 Å². The number of fused-ring (bicyclic) bond motifs is 1. The summed E-state index contributed by atoms with van der Waals surface area (Å²) in [5.41, 5.74) is 15.3. The van der Waals surface area contributed by atoms with E-state index in [0.29, 0.717) is 23.0 Å². The van der Waals surface area contributed by atoms with Gasteiger partial charge in [-0.25, -0.2) is 9.97 Å². The Morgan fingerprint density at radius 1 is 1.37 bits per heavy atom. The van der Waals surface area contributed by atoms with Crippen LogP contribution in [0.15, 0.2) is 24.4 Å². The van der Waals surface area contributed by atoms with Gasteiger partial charge in [-0.3, -0.25) is 4.79 Å². The zero-order chi connectivity index (χ0) is 19.0. The van der Waals surface area contributed by atoms with Crippen LogP contribution >= 0.6 is 23.4 Å². The maximum atomic E-state index is 11.9. The molecule has 27 heavy (non-hydrogen) atoms. The van der Waals surface area contributed by atoms with Gasteiger partial charge in [0.05, 0.1) is 12.2 Å². The molecule has 0 radical (unpaired) electrons. The van der Waals surface area contributed by atoms with Crippen LogP contribution in [0.5, 0.6) is 0 Å². The van der Waals surface area contributed by atoms with Crippen LogP contribution in [0.1, 0.15) is 33.7 Å². The van der Waals surface area contributed by atoms with Crippen LogP contribution in [0.4, 0.5) is 5.82 Å². The molecule has 0 unspecified atom stereocenters. The summed E-state index contributed by atoms with van der Waals surface area (Å²) in [6, 6.07) is 5.97. The van der Waals surface area contributed by atoms with E-state index in [2.05, 4.69) is 15.3 Å². The first-order valence-electron chi connectivity index (χ1n) is 8.78. The minimum Gasteiger partial charge on any atom is -0.364 e. The summed E-state index contributed by atoms with van der Waals surface area (Å²) < 4.78 is 0. The fourth-order valence-electron chi connectivity index (χ4n) is 3.44. The van der Waals surface area contributed by atoms with Gasteiger partial charge in [-0.05, 0) is 41.0 Å². The van der Waals surface area contributed by atoms with E-state index in [-0.39, 0.29) is 17.8 Å². The molecule has 2 aliphatic rings. The molecule has 0 spiro atoms. The lowest BCUT2D eigenvalue weighted by Gasteiger charge is -2.29. The molecule has 1 aliphatic carbocycles. The molecule has 1 amide bonds. The molecule has 8 heteroatoms. The van der Waals surface area contributed by atoms with Gasteiger partial charge in [0.2, 0.25) is 0 Å². The van der Waals surface area contributed by atoms with Crippen molar-refractivity contribution in [3.63, 3.8) is 0 Å². The highest BCUT2D eigenvalue weighted by atomic mass is 35.5. The number of primary amides is 1. The first kappa shape index (κ1) is 18.3. The van der Waals surface area contributed by atoms with E-state index in [1.54, 1.807) is 6.20 Å². The van der Waals surface area contributed by atoms with Crippen molar-refractivity contribution < 1.29 is 4.79 Å². The summed E-state index contributed by atoms with van der Waals surface area (Å²) in [7, 11) is 0. The topological polar surface area (TPSA) is 107 Å². The number of thioether (sulfide) groups is 1. The second kappa shape index (κ2) is 7.50. The van der Waals surface area contributed by atoms with Crippen molar-refractivity contribution in [3.8, 4) is 0 Å². The number of benzene rings is 1. The zero-order valence-corrected chi connectivity index (χ0v) is 16.2. The standard InChI is InChI=1S/C19H20ClN5OS/c20-13-3-1-2-10-6-11(7-12(10)13)17-18(19(22)26)23-8-16(25-17)24-15-9-27-5-4-14(15)21/h1-3,7-8,14-15H,4-6,9,21H2,(H2,22,26)(H,24,25)/t14-,15+/m0/s1. The molecule has 1 saturated heterocycles. The van der Waals surface area contributed by atoms with Gasteiger partial charge in [0, 0.05) is 23.2 Å². The summed E-state index contributed by atoms with van der Waals surface area (Å²) in [4.78, 5) is 20.8. The monoisotopic (exact) mass is 401 g/mol. The number of nitrogens with two attached hydrogens (primary N) is 2. The van der Waals surface area contributed by atoms with Gasteiger partial charge in [-0.2, -0.15) is 11.8 Å². The number of halogens is 1. The Labute approximate surface area is 166 Å². The van der Waals surface area contributed by atoms with Crippen LogP contribution < -0.4 is 16.8 Å². The van der Waals surface area contributed by atoms with E-state index in [1.165, 1.54) is 0 Å². The summed E-state index contributed by atoms with van der Waals surface area (Å²) in [5.74, 6) is 1.99. The third-order valence-corrected chi connectivity index (χ3v) is 6.34. The van der Waals surface area contributed by atoms with Gasteiger partial charge in [0.1, 0.15) is 11.5 Å². The van der Waals surface area contributed by atoms with Gasteiger partial charge in [0.15, 0.2) is 5.69 Å². The Morgan fingerprint density at radius 3 is 2.96 bits per heavy atom. The molecular weight excluding hydrogens is 382 g/mol. The van der Waals surface area contributed by atoms with E-state index >= 15 is 0 Å². The number of hydrogen-bond donors (Lipinski definition) is 3. The average Bonchev–Trinajstić information content (AvgIpc) is 3.09. The minimum atomic E-state index is -0.600. The lowest BCUT2D eigenvalue weighted by molar-refractivity contribution is 0.0995. The fraction of sp³-hybridized carbons (Fsp3) is 0.316. The molecule has 140 valence electrons. The largest absolute Gasteiger partial charge is 0.364 e. The van der Waals surface area contributed by atoms with Crippen molar-refractivity contribution in [2.75, 3.05) is 16.8 Å². The number of amides is 1. The molecule has 1 aromatic carbocycles. The Balaban J connectivity index is 1.68. The Hall–Kier alpha value is -2.09. The first-order chi connectivity index (χ1) is 13.0. The third-order valence-electron chi connectivity index (χ3n) is 4.90. The summed E-state index contributed by atoms with van der Waals surface area (Å²) in [6.07, 6.45) is 5.10. The molecule has 2 heterocycles. The molecule has 2 atom stereocenters. The van der Waals surface area contributed by atoms with Crippen molar-refractivity contribution >= 4 is 46.7 Å². The number of anilines is 1. The molecular formula is C19H20ClN5OS. The second-order valence-electron chi connectivity index (χ2n) is 6.75. The van der Waals surface area contributed by atoms with E-state index < -0.39 is 5.91 Å². The van der Waals surface area contributed by atoms with Crippen molar-refractivity contribution in [2.24, 2.45) is 11.5 Å². The number of nitrogens with one attached hydrogen (secondary N) is 1. The van der Waals surface area contributed by atoms with Gasteiger partial charge < -0.3 is 16.8 Å². The van der Waals surface area contributed by atoms with E-state index in [0.717, 1.165) is 34.6 Å². The molecule has 5 N–H and O–H groups in total. The van der Waals surface area contributed by atoms with Crippen LogP contribution in [0.25, 0.3) is 11.6 Å². The van der Waals surface area contributed by atoms with Crippen LogP contribution in [0.2, 0.25) is 5.02 Å². The van der Waals surface area contributed by atoms with Gasteiger partial charge in [-0.1, -0.05) is 23.7 Å². The number of allylic oxidation sites excluding steroid dienone is 1. The fourth-order valence-corrected chi connectivity index (χ4v) is 4.87. The molecule has 1 aliphatic heterocycles. The van der Waals surface area contributed by atoms with Crippen molar-refractivity contribution in [1.29, 1.82) is 0 Å². The van der Waals surface area contributed by atoms with E-state index in [4.69, 9.17) is 23.1 Å². The van der Waals surface area contributed by atoms with Crippen LogP contribution in [-0.4, -0.2) is 39.5 Å². The number of carbonyl (C=O) groups is 1. The Morgan fingerprint density at radius 2 is 2.22 bits per heavy atom. The molecule has 2 aromatic rings. The Bertz CT molecular complexity index is 932. The van der Waals surface area contributed by atoms with Gasteiger partial charge in [-0.15, -0.1) is 0 Å². The van der Waals surface area contributed by atoms with Crippen molar-refractivity contribution in [1.82, 2.24) is 9.97 Å². The highest BCUT2D eigenvalue weighted by Crippen LogP contribution is 2.36. The number of rotatable bonds is 4. The molecule has 1 aromatic heterocycles. The normalized spacial score (nSPS) is 21.5. The highest BCUT2D eigenvalue weighted by molar-refractivity contribution is 7.99. The third kappa shape index (κ3) is 3.67. The lowest BCUT2D eigenvalue weighted by Crippen LogP contribution is -2.45. The molecule has 0 bridgehead atoms. The van der Waals surface area contributed by atoms with E-state index in [1.807, 2.05) is 36.0 Å². The maximum Gasteiger partial charge on any atom is 0.269 e. The van der Waals surface area contributed by atoms with Crippen LogP contribution in [0, 0.1) is 0 Å². The van der Waals surface area contributed by atoms with Crippen molar-refractivity contribution in [2.45, 2.75) is 24.9 Å². The maximum absolute atomic E-state index is 11.9. The van der Waals surface area contributed by atoms with E-state index in [9.17, 15) is 4.79 Å². The Kier molecular flexibility index (Phi) is 5.08. The predicted octanol–water partition coefficient (Wildman–Crippen LogP) is 2.57. The quantitative estimate of drug-likeness (QED) is 0.726. The molecule has 6 nitrogen and oxygen atoms in total. The van der Waals surface area contributed by atoms with Crippen LogP contribution in [-0.2, 0) is 6.42 Å². The number of aromatic nitrogens is 2. The molecule has 4 rings (SSSR count). The average molecular weight is 402 g/mol. The summed E-state index contributed by atoms with van der Waals surface area (Å²) in [5, 5.41) is 4.04. The lowest BCUT2D eigenvalue weighted by atomic mass is 10.1. The smallest absolute Gasteiger partial charge is 0.269 e. The predicted molar refractivity (Wildman–Crippen MR) is 111 cm³/mol. The van der Waals surface area contributed by atoms with Crippen molar-refractivity contribution in [3.05, 3.63) is 51.9 Å². The minimum absolute atomic E-state index is 0.0704. The molecule has 1 fully saturated rings. The summed E-state index contributed by atoms with van der Waals surface area (Å²) in [6.45, 7) is 0. The second-order valence-corrected chi connectivity index (χ2v) is 8.31.